The van der Waals surface area contributed by atoms with E-state index < -0.39 is 0 Å². The lowest BCUT2D eigenvalue weighted by Gasteiger charge is -2.29. The van der Waals surface area contributed by atoms with Crippen molar-refractivity contribution in [3.8, 4) is 0 Å². The number of benzene rings is 2. The van der Waals surface area contributed by atoms with Crippen molar-refractivity contribution in [3.05, 3.63) is 64.7 Å². The second-order valence-electron chi connectivity index (χ2n) is 6.00. The van der Waals surface area contributed by atoms with E-state index in [2.05, 4.69) is 34.5 Å². The standard InChI is InChI=1S/C19H23N3O/c1-2-21-19(23)15-7-8-17(18(20)11-15)13-22-10-9-14-5-3-4-6-16(14)12-22/h3-8,11H,2,9-10,12-13,20H2,1H3,(H,21,23). The van der Waals surface area contributed by atoms with Crippen LogP contribution in [0.3, 0.4) is 0 Å². The van der Waals surface area contributed by atoms with Crippen molar-refractivity contribution < 1.29 is 4.79 Å². The van der Waals surface area contributed by atoms with Gasteiger partial charge < -0.3 is 11.1 Å². The molecule has 0 aliphatic carbocycles. The van der Waals surface area contributed by atoms with Gasteiger partial charge in [-0.05, 0) is 42.2 Å². The zero-order valence-electron chi connectivity index (χ0n) is 13.5. The first-order chi connectivity index (χ1) is 11.2. The summed E-state index contributed by atoms with van der Waals surface area (Å²) in [5.74, 6) is -0.0716. The molecule has 0 saturated carbocycles. The highest BCUT2D eigenvalue weighted by atomic mass is 16.1. The van der Waals surface area contributed by atoms with Crippen molar-refractivity contribution in [3.63, 3.8) is 0 Å². The third-order valence-electron chi connectivity index (χ3n) is 4.35. The van der Waals surface area contributed by atoms with Gasteiger partial charge in [-0.2, -0.15) is 0 Å². The fourth-order valence-corrected chi connectivity index (χ4v) is 3.07. The highest BCUT2D eigenvalue weighted by Crippen LogP contribution is 2.22. The lowest BCUT2D eigenvalue weighted by molar-refractivity contribution is 0.0956. The molecular formula is C19H23N3O. The van der Waals surface area contributed by atoms with Crippen LogP contribution in [0.15, 0.2) is 42.5 Å². The molecule has 1 aliphatic rings. The molecular weight excluding hydrogens is 286 g/mol. The monoisotopic (exact) mass is 309 g/mol. The lowest BCUT2D eigenvalue weighted by atomic mass is 9.99. The summed E-state index contributed by atoms with van der Waals surface area (Å²) in [7, 11) is 0. The summed E-state index contributed by atoms with van der Waals surface area (Å²) in [6, 6.07) is 14.2. The first-order valence-electron chi connectivity index (χ1n) is 8.13. The molecule has 120 valence electrons. The Bertz CT molecular complexity index is 712. The summed E-state index contributed by atoms with van der Waals surface area (Å²) in [6.07, 6.45) is 1.08. The Morgan fingerprint density at radius 2 is 2.00 bits per heavy atom. The molecule has 2 aromatic rings. The van der Waals surface area contributed by atoms with Gasteiger partial charge in [0, 0.05) is 37.4 Å². The van der Waals surface area contributed by atoms with E-state index in [9.17, 15) is 4.79 Å². The smallest absolute Gasteiger partial charge is 0.251 e. The zero-order chi connectivity index (χ0) is 16.2. The van der Waals surface area contributed by atoms with Crippen molar-refractivity contribution in [2.45, 2.75) is 26.4 Å². The summed E-state index contributed by atoms with van der Waals surface area (Å²) in [4.78, 5) is 14.3. The molecule has 3 rings (SSSR count). The summed E-state index contributed by atoms with van der Waals surface area (Å²) >= 11 is 0. The second kappa shape index (κ2) is 6.84. The number of nitrogen functional groups attached to an aromatic ring is 1. The van der Waals surface area contributed by atoms with Gasteiger partial charge in [0.2, 0.25) is 0 Å². The molecule has 3 N–H and O–H groups in total. The average Bonchev–Trinajstić information content (AvgIpc) is 2.57. The van der Waals surface area contributed by atoms with Crippen LogP contribution in [0.25, 0.3) is 0 Å². The summed E-state index contributed by atoms with van der Waals surface area (Å²) in [6.45, 7) is 5.33. The molecule has 0 radical (unpaired) electrons. The van der Waals surface area contributed by atoms with E-state index in [-0.39, 0.29) is 5.91 Å². The van der Waals surface area contributed by atoms with Gasteiger partial charge in [0.15, 0.2) is 0 Å². The molecule has 1 aliphatic heterocycles. The SMILES string of the molecule is CCNC(=O)c1ccc(CN2CCc3ccccc3C2)c(N)c1. The first-order valence-corrected chi connectivity index (χ1v) is 8.13. The normalized spacial score (nSPS) is 14.3. The van der Waals surface area contributed by atoms with Gasteiger partial charge in [-0.25, -0.2) is 0 Å². The van der Waals surface area contributed by atoms with Crippen LogP contribution in [0.2, 0.25) is 0 Å². The van der Waals surface area contributed by atoms with E-state index in [1.54, 1.807) is 6.07 Å². The topological polar surface area (TPSA) is 58.4 Å². The van der Waals surface area contributed by atoms with E-state index in [0.29, 0.717) is 17.8 Å². The van der Waals surface area contributed by atoms with E-state index in [4.69, 9.17) is 5.73 Å². The van der Waals surface area contributed by atoms with Crippen LogP contribution in [0.1, 0.15) is 34.0 Å². The first kappa shape index (κ1) is 15.6. The van der Waals surface area contributed by atoms with Crippen LogP contribution in [0.4, 0.5) is 5.69 Å². The van der Waals surface area contributed by atoms with Crippen molar-refractivity contribution in [2.75, 3.05) is 18.8 Å². The number of nitrogens with two attached hydrogens (primary N) is 1. The highest BCUT2D eigenvalue weighted by Gasteiger charge is 2.17. The van der Waals surface area contributed by atoms with Crippen LogP contribution in [-0.2, 0) is 19.5 Å². The summed E-state index contributed by atoms with van der Waals surface area (Å²) in [5.41, 5.74) is 11.4. The van der Waals surface area contributed by atoms with Crippen molar-refractivity contribution in [2.24, 2.45) is 0 Å². The Kier molecular flexibility index (Phi) is 4.63. The van der Waals surface area contributed by atoms with Gasteiger partial charge in [-0.1, -0.05) is 30.3 Å². The average molecular weight is 309 g/mol. The molecule has 0 aromatic heterocycles. The molecule has 0 unspecified atom stereocenters. The minimum absolute atomic E-state index is 0.0716. The largest absolute Gasteiger partial charge is 0.398 e. The summed E-state index contributed by atoms with van der Waals surface area (Å²) < 4.78 is 0. The Hall–Kier alpha value is -2.33. The van der Waals surface area contributed by atoms with Gasteiger partial charge in [0.25, 0.3) is 5.91 Å². The van der Waals surface area contributed by atoms with Gasteiger partial charge in [0.05, 0.1) is 0 Å². The van der Waals surface area contributed by atoms with Crippen LogP contribution in [-0.4, -0.2) is 23.9 Å². The lowest BCUT2D eigenvalue weighted by Crippen LogP contribution is -2.30. The molecule has 0 spiro atoms. The van der Waals surface area contributed by atoms with Crippen LogP contribution in [0, 0.1) is 0 Å². The fourth-order valence-electron chi connectivity index (χ4n) is 3.07. The molecule has 2 aromatic carbocycles. The van der Waals surface area contributed by atoms with Crippen LogP contribution in [0.5, 0.6) is 0 Å². The minimum Gasteiger partial charge on any atom is -0.398 e. The third-order valence-corrected chi connectivity index (χ3v) is 4.35. The zero-order valence-corrected chi connectivity index (χ0v) is 13.5. The predicted octanol–water partition coefficient (Wildman–Crippen LogP) is 2.58. The molecule has 0 bridgehead atoms. The Morgan fingerprint density at radius 1 is 1.22 bits per heavy atom. The van der Waals surface area contributed by atoms with E-state index in [1.807, 2.05) is 19.1 Å². The minimum atomic E-state index is -0.0716. The van der Waals surface area contributed by atoms with Crippen molar-refractivity contribution >= 4 is 11.6 Å². The molecule has 4 nitrogen and oxygen atoms in total. The Labute approximate surface area is 137 Å². The van der Waals surface area contributed by atoms with Crippen molar-refractivity contribution in [1.29, 1.82) is 0 Å². The quantitative estimate of drug-likeness (QED) is 0.854. The number of carbonyl (C=O) groups is 1. The molecule has 1 amide bonds. The third kappa shape index (κ3) is 3.54. The maximum Gasteiger partial charge on any atom is 0.251 e. The molecule has 4 heteroatoms. The molecule has 0 fully saturated rings. The van der Waals surface area contributed by atoms with Crippen LogP contribution < -0.4 is 11.1 Å². The number of carbonyl (C=O) groups excluding carboxylic acids is 1. The maximum atomic E-state index is 11.9. The molecule has 1 heterocycles. The summed E-state index contributed by atoms with van der Waals surface area (Å²) in [5, 5.41) is 2.80. The number of anilines is 1. The number of nitrogens with zero attached hydrogens (tertiary/aromatic N) is 1. The Balaban J connectivity index is 1.70. The molecule has 23 heavy (non-hydrogen) atoms. The Morgan fingerprint density at radius 3 is 2.74 bits per heavy atom. The highest BCUT2D eigenvalue weighted by molar-refractivity contribution is 5.95. The number of hydrogen-bond donors (Lipinski definition) is 2. The van der Waals surface area contributed by atoms with E-state index in [1.165, 1.54) is 11.1 Å². The predicted molar refractivity (Wildman–Crippen MR) is 93.1 cm³/mol. The van der Waals surface area contributed by atoms with Crippen molar-refractivity contribution in [1.82, 2.24) is 10.2 Å². The number of amides is 1. The molecule has 0 saturated heterocycles. The van der Waals surface area contributed by atoms with E-state index in [0.717, 1.165) is 31.6 Å². The number of nitrogens with one attached hydrogen (secondary N) is 1. The number of fused-ring (bicyclic) bond motifs is 1. The second-order valence-corrected chi connectivity index (χ2v) is 6.00. The van der Waals surface area contributed by atoms with Gasteiger partial charge in [0.1, 0.15) is 0 Å². The van der Waals surface area contributed by atoms with Gasteiger partial charge in [-0.15, -0.1) is 0 Å². The fraction of sp³-hybridized carbons (Fsp3) is 0.316. The van der Waals surface area contributed by atoms with Crippen LogP contribution >= 0.6 is 0 Å². The van der Waals surface area contributed by atoms with E-state index >= 15 is 0 Å². The van der Waals surface area contributed by atoms with Gasteiger partial charge in [-0.3, -0.25) is 9.69 Å². The number of rotatable bonds is 4. The number of hydrogen-bond acceptors (Lipinski definition) is 3. The van der Waals surface area contributed by atoms with Gasteiger partial charge >= 0.3 is 0 Å². The maximum absolute atomic E-state index is 11.9. The molecule has 0 atom stereocenters.